The normalized spacial score (nSPS) is 22.8. The first kappa shape index (κ1) is 13.3. The minimum Gasteiger partial charge on any atom is -0.491 e. The molecule has 0 spiro atoms. The number of benzene rings is 1. The molecule has 2 atom stereocenters. The zero-order chi connectivity index (χ0) is 13.0. The number of nitrogens with two attached hydrogens (primary N) is 1. The van der Waals surface area contributed by atoms with Crippen LogP contribution in [0.3, 0.4) is 0 Å². The standard InChI is InChI=1S/C12H15BrN2O3/c13-8-2-1-3-9(6-8)17-7-10-4-5-11(18-10)12(16)15-14/h1-3,6,10-11H,4-5,7,14H2,(H,15,16). The molecule has 1 heterocycles. The molecular weight excluding hydrogens is 300 g/mol. The molecular formula is C12H15BrN2O3. The lowest BCUT2D eigenvalue weighted by Crippen LogP contribution is -2.39. The molecule has 18 heavy (non-hydrogen) atoms. The number of rotatable bonds is 4. The Hall–Kier alpha value is -1.11. The van der Waals surface area contributed by atoms with Crippen molar-refractivity contribution in [3.63, 3.8) is 0 Å². The molecule has 1 aromatic rings. The number of halogens is 1. The van der Waals surface area contributed by atoms with Crippen molar-refractivity contribution in [1.82, 2.24) is 5.43 Å². The first-order valence-corrected chi connectivity index (χ1v) is 6.52. The Morgan fingerprint density at radius 2 is 2.39 bits per heavy atom. The van der Waals surface area contributed by atoms with Gasteiger partial charge in [0.25, 0.3) is 5.91 Å². The summed E-state index contributed by atoms with van der Waals surface area (Å²) in [5.74, 6) is 5.56. The molecule has 1 aliphatic rings. The smallest absolute Gasteiger partial charge is 0.263 e. The average Bonchev–Trinajstić information content (AvgIpc) is 2.84. The highest BCUT2D eigenvalue weighted by Gasteiger charge is 2.30. The summed E-state index contributed by atoms with van der Waals surface area (Å²) in [4.78, 5) is 11.3. The highest BCUT2D eigenvalue weighted by molar-refractivity contribution is 9.10. The highest BCUT2D eigenvalue weighted by Crippen LogP contribution is 2.22. The van der Waals surface area contributed by atoms with E-state index in [9.17, 15) is 4.79 Å². The van der Waals surface area contributed by atoms with Gasteiger partial charge in [-0.1, -0.05) is 22.0 Å². The fraction of sp³-hybridized carbons (Fsp3) is 0.417. The molecule has 2 rings (SSSR count). The SMILES string of the molecule is NNC(=O)C1CCC(COc2cccc(Br)c2)O1. The third-order valence-corrected chi connectivity index (χ3v) is 3.27. The van der Waals surface area contributed by atoms with Crippen molar-refractivity contribution in [3.8, 4) is 5.75 Å². The maximum atomic E-state index is 11.3. The second-order valence-corrected chi connectivity index (χ2v) is 5.02. The molecule has 0 saturated carbocycles. The summed E-state index contributed by atoms with van der Waals surface area (Å²) in [5, 5.41) is 0. The van der Waals surface area contributed by atoms with Crippen LogP contribution < -0.4 is 16.0 Å². The Labute approximate surface area is 114 Å². The van der Waals surface area contributed by atoms with Gasteiger partial charge in [0.05, 0.1) is 6.10 Å². The van der Waals surface area contributed by atoms with E-state index in [-0.39, 0.29) is 12.0 Å². The number of carbonyl (C=O) groups excluding carboxylic acids is 1. The van der Waals surface area contributed by atoms with E-state index >= 15 is 0 Å². The summed E-state index contributed by atoms with van der Waals surface area (Å²) in [6.07, 6.45) is 0.958. The Morgan fingerprint density at radius 3 is 3.11 bits per heavy atom. The van der Waals surface area contributed by atoms with Crippen molar-refractivity contribution in [2.75, 3.05) is 6.61 Å². The van der Waals surface area contributed by atoms with Gasteiger partial charge in [0.2, 0.25) is 0 Å². The summed E-state index contributed by atoms with van der Waals surface area (Å²) in [6.45, 7) is 0.435. The van der Waals surface area contributed by atoms with Gasteiger partial charge in [-0.3, -0.25) is 10.2 Å². The maximum Gasteiger partial charge on any atom is 0.263 e. The minimum absolute atomic E-state index is 0.0636. The second kappa shape index (κ2) is 6.17. The summed E-state index contributed by atoms with van der Waals surface area (Å²) in [6, 6.07) is 7.60. The van der Waals surface area contributed by atoms with Gasteiger partial charge in [0, 0.05) is 4.47 Å². The van der Waals surface area contributed by atoms with E-state index in [4.69, 9.17) is 15.3 Å². The molecule has 1 aromatic carbocycles. The fourth-order valence-corrected chi connectivity index (χ4v) is 2.24. The average molecular weight is 315 g/mol. The van der Waals surface area contributed by atoms with Crippen molar-refractivity contribution >= 4 is 21.8 Å². The molecule has 1 amide bonds. The largest absolute Gasteiger partial charge is 0.491 e. The molecule has 0 aliphatic carbocycles. The predicted molar refractivity (Wildman–Crippen MR) is 69.9 cm³/mol. The summed E-state index contributed by atoms with van der Waals surface area (Å²) in [7, 11) is 0. The van der Waals surface area contributed by atoms with E-state index < -0.39 is 6.10 Å². The van der Waals surface area contributed by atoms with Gasteiger partial charge in [0.15, 0.2) is 0 Å². The van der Waals surface area contributed by atoms with Gasteiger partial charge < -0.3 is 9.47 Å². The lowest BCUT2D eigenvalue weighted by atomic mass is 10.2. The zero-order valence-corrected chi connectivity index (χ0v) is 11.4. The predicted octanol–water partition coefficient (Wildman–Crippen LogP) is 1.37. The first-order valence-electron chi connectivity index (χ1n) is 5.73. The zero-order valence-electron chi connectivity index (χ0n) is 9.77. The molecule has 1 aliphatic heterocycles. The number of hydrogen-bond donors (Lipinski definition) is 2. The third-order valence-electron chi connectivity index (χ3n) is 2.77. The van der Waals surface area contributed by atoms with Gasteiger partial charge in [-0.2, -0.15) is 0 Å². The lowest BCUT2D eigenvalue weighted by Gasteiger charge is -2.13. The van der Waals surface area contributed by atoms with Crippen LogP contribution >= 0.6 is 15.9 Å². The van der Waals surface area contributed by atoms with Crippen LogP contribution in [0.15, 0.2) is 28.7 Å². The van der Waals surface area contributed by atoms with E-state index in [1.807, 2.05) is 24.3 Å². The summed E-state index contributed by atoms with van der Waals surface area (Å²) in [5.41, 5.74) is 2.10. The van der Waals surface area contributed by atoms with E-state index in [1.54, 1.807) is 0 Å². The molecule has 0 bridgehead atoms. The Bertz CT molecular complexity index is 428. The lowest BCUT2D eigenvalue weighted by molar-refractivity contribution is -0.132. The Morgan fingerprint density at radius 1 is 1.56 bits per heavy atom. The van der Waals surface area contributed by atoms with E-state index in [2.05, 4.69) is 21.4 Å². The Balaban J connectivity index is 1.80. The van der Waals surface area contributed by atoms with Crippen LogP contribution in [0.2, 0.25) is 0 Å². The van der Waals surface area contributed by atoms with Crippen LogP contribution in [0.5, 0.6) is 5.75 Å². The van der Waals surface area contributed by atoms with Gasteiger partial charge >= 0.3 is 0 Å². The van der Waals surface area contributed by atoms with Crippen LogP contribution in [0, 0.1) is 0 Å². The molecule has 5 nitrogen and oxygen atoms in total. The molecule has 6 heteroatoms. The number of amides is 1. The number of ether oxygens (including phenoxy) is 2. The van der Waals surface area contributed by atoms with Gasteiger partial charge in [-0.25, -0.2) is 5.84 Å². The van der Waals surface area contributed by atoms with Crippen molar-refractivity contribution < 1.29 is 14.3 Å². The quantitative estimate of drug-likeness (QED) is 0.500. The molecule has 1 fully saturated rings. The van der Waals surface area contributed by atoms with Gasteiger partial charge in [-0.05, 0) is 31.0 Å². The third kappa shape index (κ3) is 3.44. The van der Waals surface area contributed by atoms with Crippen molar-refractivity contribution in [1.29, 1.82) is 0 Å². The van der Waals surface area contributed by atoms with Gasteiger partial charge in [-0.15, -0.1) is 0 Å². The number of carbonyl (C=O) groups is 1. The molecule has 0 radical (unpaired) electrons. The molecule has 1 saturated heterocycles. The second-order valence-electron chi connectivity index (χ2n) is 4.10. The van der Waals surface area contributed by atoms with Crippen LogP contribution in [0.4, 0.5) is 0 Å². The van der Waals surface area contributed by atoms with Crippen LogP contribution in [-0.4, -0.2) is 24.7 Å². The minimum atomic E-state index is -0.453. The number of nitrogens with one attached hydrogen (secondary N) is 1. The maximum absolute atomic E-state index is 11.3. The van der Waals surface area contributed by atoms with E-state index in [0.717, 1.165) is 16.6 Å². The molecule has 98 valence electrons. The molecule has 2 unspecified atom stereocenters. The summed E-state index contributed by atoms with van der Waals surface area (Å²) < 4.78 is 12.1. The van der Waals surface area contributed by atoms with Crippen molar-refractivity contribution in [2.24, 2.45) is 5.84 Å². The monoisotopic (exact) mass is 314 g/mol. The topological polar surface area (TPSA) is 73.6 Å². The summed E-state index contributed by atoms with van der Waals surface area (Å²) >= 11 is 3.38. The Kier molecular flexibility index (Phi) is 4.57. The van der Waals surface area contributed by atoms with Gasteiger partial charge in [0.1, 0.15) is 18.5 Å². The number of hydrogen-bond acceptors (Lipinski definition) is 4. The van der Waals surface area contributed by atoms with Crippen LogP contribution in [0.25, 0.3) is 0 Å². The molecule has 0 aromatic heterocycles. The number of hydrazine groups is 1. The van der Waals surface area contributed by atoms with Crippen LogP contribution in [-0.2, 0) is 9.53 Å². The van der Waals surface area contributed by atoms with Crippen LogP contribution in [0.1, 0.15) is 12.8 Å². The van der Waals surface area contributed by atoms with Crippen molar-refractivity contribution in [3.05, 3.63) is 28.7 Å². The van der Waals surface area contributed by atoms with E-state index in [0.29, 0.717) is 13.0 Å². The molecule has 3 N–H and O–H groups in total. The van der Waals surface area contributed by atoms with Crippen molar-refractivity contribution in [2.45, 2.75) is 25.0 Å². The first-order chi connectivity index (χ1) is 8.69. The highest BCUT2D eigenvalue weighted by atomic mass is 79.9. The van der Waals surface area contributed by atoms with E-state index in [1.165, 1.54) is 0 Å². The fourth-order valence-electron chi connectivity index (χ4n) is 1.86.